The molecule has 2 heterocycles. The van der Waals surface area contributed by atoms with Crippen LogP contribution in [0.4, 0.5) is 0 Å². The molecule has 6 nitrogen and oxygen atoms in total. The molecule has 1 atom stereocenters. The normalized spacial score (nSPS) is 17.8. The van der Waals surface area contributed by atoms with Gasteiger partial charge >= 0.3 is 0 Å². The van der Waals surface area contributed by atoms with E-state index in [2.05, 4.69) is 41.5 Å². The van der Waals surface area contributed by atoms with Crippen molar-refractivity contribution in [3.8, 4) is 0 Å². The van der Waals surface area contributed by atoms with Gasteiger partial charge in [0.15, 0.2) is 0 Å². The van der Waals surface area contributed by atoms with Crippen LogP contribution in [0.2, 0.25) is 0 Å². The third-order valence-electron chi connectivity index (χ3n) is 6.07. The number of nitrogens with zero attached hydrogens (tertiary/aromatic N) is 1. The van der Waals surface area contributed by atoms with E-state index in [1.807, 2.05) is 24.3 Å². The third kappa shape index (κ3) is 5.54. The molecule has 1 fully saturated rings. The Balaban J connectivity index is 1.36. The van der Waals surface area contributed by atoms with E-state index in [0.29, 0.717) is 18.5 Å². The van der Waals surface area contributed by atoms with Gasteiger partial charge in [-0.15, -0.1) is 18.3 Å². The first-order valence-electron chi connectivity index (χ1n) is 11.4. The summed E-state index contributed by atoms with van der Waals surface area (Å²) in [5.41, 5.74) is 4.16. The Morgan fingerprint density at radius 1 is 1.09 bits per heavy atom. The molecule has 0 bridgehead atoms. The molecule has 3 amide bonds. The zero-order chi connectivity index (χ0) is 23.2. The number of piperidine rings is 1. The minimum absolute atomic E-state index is 0.131. The average molecular weight is 464 g/mol. The predicted octanol–water partition coefficient (Wildman–Crippen LogP) is 3.45. The molecular weight excluding hydrogens is 434 g/mol. The maximum absolute atomic E-state index is 13.0. The molecule has 33 heavy (non-hydrogen) atoms. The number of amides is 3. The Hall–Kier alpha value is -2.90. The zero-order valence-electron chi connectivity index (χ0n) is 18.6. The number of carbonyl (C=O) groups is 3. The average Bonchev–Trinajstić information content (AvgIpc) is 3.15. The van der Waals surface area contributed by atoms with Crippen molar-refractivity contribution < 1.29 is 14.4 Å². The lowest BCUT2D eigenvalue weighted by Gasteiger charge is -2.29. The van der Waals surface area contributed by atoms with E-state index in [1.54, 1.807) is 16.7 Å². The highest BCUT2D eigenvalue weighted by Crippen LogP contribution is 2.35. The van der Waals surface area contributed by atoms with Crippen molar-refractivity contribution in [2.45, 2.75) is 48.9 Å². The van der Waals surface area contributed by atoms with Gasteiger partial charge in [0.05, 0.1) is 0 Å². The van der Waals surface area contributed by atoms with Crippen molar-refractivity contribution in [3.63, 3.8) is 0 Å². The molecule has 2 aliphatic heterocycles. The van der Waals surface area contributed by atoms with Gasteiger partial charge in [-0.05, 0) is 61.2 Å². The fourth-order valence-electron chi connectivity index (χ4n) is 4.22. The van der Waals surface area contributed by atoms with Gasteiger partial charge < -0.3 is 10.2 Å². The second-order valence-corrected chi connectivity index (χ2v) is 9.38. The predicted molar refractivity (Wildman–Crippen MR) is 130 cm³/mol. The summed E-state index contributed by atoms with van der Waals surface area (Å²) in [5.74, 6) is 0.0261. The highest BCUT2D eigenvalue weighted by Gasteiger charge is 2.39. The number of rotatable bonds is 10. The minimum Gasteiger partial charge on any atom is -0.322 e. The Morgan fingerprint density at radius 2 is 1.88 bits per heavy atom. The van der Waals surface area contributed by atoms with E-state index in [-0.39, 0.29) is 24.1 Å². The van der Waals surface area contributed by atoms with Gasteiger partial charge in [0.2, 0.25) is 11.8 Å². The fraction of sp³-hybridized carbons (Fsp3) is 0.346. The molecule has 0 aromatic heterocycles. The summed E-state index contributed by atoms with van der Waals surface area (Å²) in [4.78, 5) is 39.4. The largest absolute Gasteiger partial charge is 0.322 e. The first-order chi connectivity index (χ1) is 16.1. The summed E-state index contributed by atoms with van der Waals surface area (Å²) in [6.45, 7) is 6.05. The Bertz CT molecular complexity index is 1050. The lowest BCUT2D eigenvalue weighted by atomic mass is 10.0. The molecule has 0 saturated carbocycles. The van der Waals surface area contributed by atoms with E-state index in [0.717, 1.165) is 42.1 Å². The van der Waals surface area contributed by atoms with Crippen LogP contribution in [0.25, 0.3) is 0 Å². The van der Waals surface area contributed by atoms with E-state index in [1.165, 1.54) is 11.1 Å². The van der Waals surface area contributed by atoms with Crippen LogP contribution < -0.4 is 10.6 Å². The summed E-state index contributed by atoms with van der Waals surface area (Å²) in [5, 5.41) is 5.76. The first kappa shape index (κ1) is 23.3. The smallest absolute Gasteiger partial charge is 0.255 e. The SMILES string of the molecule is C=CCCNCCc1ccc(CSc2cccc3c2CN(C2CCC(=O)NC2=O)C3=O)cc1. The molecule has 2 N–H and O–H groups in total. The maximum Gasteiger partial charge on any atom is 0.255 e. The molecule has 1 saturated heterocycles. The minimum atomic E-state index is -0.584. The molecule has 7 heteroatoms. The molecule has 2 aromatic rings. The number of hydrogen-bond donors (Lipinski definition) is 2. The van der Waals surface area contributed by atoms with Crippen molar-refractivity contribution in [2.24, 2.45) is 0 Å². The highest BCUT2D eigenvalue weighted by atomic mass is 32.2. The number of fused-ring (bicyclic) bond motifs is 1. The van der Waals surface area contributed by atoms with E-state index < -0.39 is 6.04 Å². The van der Waals surface area contributed by atoms with Gasteiger partial charge in [-0.1, -0.05) is 36.4 Å². The molecule has 2 aromatic carbocycles. The van der Waals surface area contributed by atoms with Crippen molar-refractivity contribution in [2.75, 3.05) is 13.1 Å². The van der Waals surface area contributed by atoms with Crippen molar-refractivity contribution in [1.82, 2.24) is 15.5 Å². The number of carbonyl (C=O) groups excluding carboxylic acids is 3. The monoisotopic (exact) mass is 463 g/mol. The second kappa shape index (κ2) is 10.8. The summed E-state index contributed by atoms with van der Waals surface area (Å²) in [6.07, 6.45) is 4.54. The van der Waals surface area contributed by atoms with Crippen LogP contribution in [0.1, 0.15) is 46.3 Å². The standard InChI is InChI=1S/C26H29N3O3S/c1-2-3-14-27-15-13-18-7-9-19(10-8-18)17-33-23-6-4-5-20-21(23)16-29(26(20)32)22-11-12-24(30)28-25(22)31/h2,4-10,22,27H,1,3,11-17H2,(H,28,30,31). The number of imide groups is 1. The highest BCUT2D eigenvalue weighted by molar-refractivity contribution is 7.98. The van der Waals surface area contributed by atoms with Gasteiger partial charge in [-0.25, -0.2) is 0 Å². The molecule has 172 valence electrons. The third-order valence-corrected chi connectivity index (χ3v) is 7.24. The van der Waals surface area contributed by atoms with E-state index in [4.69, 9.17) is 0 Å². The van der Waals surface area contributed by atoms with Crippen molar-refractivity contribution in [3.05, 3.63) is 77.4 Å². The van der Waals surface area contributed by atoms with Gasteiger partial charge in [0, 0.05) is 29.2 Å². The van der Waals surface area contributed by atoms with Crippen LogP contribution in [0.3, 0.4) is 0 Å². The van der Waals surface area contributed by atoms with Crippen LogP contribution in [0, 0.1) is 0 Å². The van der Waals surface area contributed by atoms with Crippen LogP contribution in [0.5, 0.6) is 0 Å². The molecule has 2 aliphatic rings. The lowest BCUT2D eigenvalue weighted by molar-refractivity contribution is -0.136. The Kier molecular flexibility index (Phi) is 7.62. The van der Waals surface area contributed by atoms with Crippen LogP contribution in [-0.4, -0.2) is 41.8 Å². The van der Waals surface area contributed by atoms with Gasteiger partial charge in [0.25, 0.3) is 5.91 Å². The zero-order valence-corrected chi connectivity index (χ0v) is 19.5. The molecule has 1 unspecified atom stereocenters. The van der Waals surface area contributed by atoms with E-state index >= 15 is 0 Å². The van der Waals surface area contributed by atoms with Gasteiger partial charge in [-0.3, -0.25) is 19.7 Å². The molecule has 0 aliphatic carbocycles. The molecule has 0 radical (unpaired) electrons. The summed E-state index contributed by atoms with van der Waals surface area (Å²) in [6, 6.07) is 13.9. The Labute approximate surface area is 198 Å². The number of benzene rings is 2. The quantitative estimate of drug-likeness (QED) is 0.244. The summed E-state index contributed by atoms with van der Waals surface area (Å²) < 4.78 is 0. The van der Waals surface area contributed by atoms with Crippen LogP contribution in [-0.2, 0) is 28.3 Å². The van der Waals surface area contributed by atoms with Crippen LogP contribution >= 0.6 is 11.8 Å². The fourth-order valence-corrected chi connectivity index (χ4v) is 5.26. The summed E-state index contributed by atoms with van der Waals surface area (Å²) in [7, 11) is 0. The first-order valence-corrected chi connectivity index (χ1v) is 12.3. The molecular formula is C26H29N3O3S. The maximum atomic E-state index is 13.0. The molecule has 4 rings (SSSR count). The van der Waals surface area contributed by atoms with Crippen molar-refractivity contribution in [1.29, 1.82) is 0 Å². The van der Waals surface area contributed by atoms with Gasteiger partial charge in [-0.2, -0.15) is 0 Å². The molecule has 0 spiro atoms. The van der Waals surface area contributed by atoms with E-state index in [9.17, 15) is 14.4 Å². The topological polar surface area (TPSA) is 78.5 Å². The Morgan fingerprint density at radius 3 is 2.64 bits per heavy atom. The van der Waals surface area contributed by atoms with Crippen molar-refractivity contribution >= 4 is 29.5 Å². The van der Waals surface area contributed by atoms with Crippen LogP contribution in [0.15, 0.2) is 60.0 Å². The van der Waals surface area contributed by atoms with Gasteiger partial charge in [0.1, 0.15) is 6.04 Å². The number of thioether (sulfide) groups is 1. The number of nitrogens with one attached hydrogen (secondary N) is 2. The lowest BCUT2D eigenvalue weighted by Crippen LogP contribution is -2.52. The second-order valence-electron chi connectivity index (χ2n) is 8.36. The summed E-state index contributed by atoms with van der Waals surface area (Å²) >= 11 is 1.71. The number of hydrogen-bond acceptors (Lipinski definition) is 5.